The molecule has 236 valence electrons. The van der Waals surface area contributed by atoms with Crippen LogP contribution in [0.4, 0.5) is 14.9 Å². The highest BCUT2D eigenvalue weighted by atomic mass is 32.2. The number of nitro benzene ring substituents is 1. The van der Waals surface area contributed by atoms with Crippen molar-refractivity contribution in [2.45, 2.75) is 88.8 Å². The van der Waals surface area contributed by atoms with Crippen LogP contribution >= 0.6 is 11.8 Å². The molecule has 1 atom stereocenters. The van der Waals surface area contributed by atoms with E-state index in [1.807, 2.05) is 27.7 Å². The molecule has 0 N–H and O–H groups in total. The van der Waals surface area contributed by atoms with Gasteiger partial charge >= 0.3 is 13.2 Å². The lowest BCUT2D eigenvalue weighted by atomic mass is 9.79. The maximum atomic E-state index is 14.1. The number of rotatable bonds is 11. The standard InChI is InChI=1S/C29H40BFN2O8S2/c1-27(2,3)39-26(34)32-43(8,37)19-20-15-22(33(35)36)18-23(16-20)38-13-9-10-14-42-25-17-21(31)11-12-24(25)30-40-28(4,5)29(6,7)41-30/h11-12,15-18H,9-10,13-14,19H2,1-8H3. The Kier molecular flexibility index (Phi) is 11.0. The first kappa shape index (κ1) is 34.8. The van der Waals surface area contributed by atoms with Crippen LogP contribution in [-0.4, -0.2) is 57.8 Å². The fraction of sp³-hybridized carbons (Fsp3) is 0.552. The highest BCUT2D eigenvalue weighted by molar-refractivity contribution is 7.99. The molecule has 10 nitrogen and oxygen atoms in total. The molecule has 14 heteroatoms. The van der Waals surface area contributed by atoms with E-state index in [4.69, 9.17) is 18.8 Å². The zero-order valence-corrected chi connectivity index (χ0v) is 27.6. The summed E-state index contributed by atoms with van der Waals surface area (Å²) in [4.78, 5) is 23.7. The molecule has 0 spiro atoms. The quantitative estimate of drug-likeness (QED) is 0.0889. The van der Waals surface area contributed by atoms with E-state index >= 15 is 0 Å². The molecule has 0 aromatic heterocycles. The summed E-state index contributed by atoms with van der Waals surface area (Å²) >= 11 is 1.49. The van der Waals surface area contributed by atoms with Crippen LogP contribution in [0.25, 0.3) is 0 Å². The smallest absolute Gasteiger partial charge is 0.493 e. The largest absolute Gasteiger partial charge is 0.495 e. The number of hydrogen-bond acceptors (Lipinski definition) is 9. The van der Waals surface area contributed by atoms with E-state index in [-0.39, 0.29) is 29.6 Å². The van der Waals surface area contributed by atoms with E-state index in [1.54, 1.807) is 32.9 Å². The second-order valence-corrected chi connectivity index (χ2v) is 16.0. The van der Waals surface area contributed by atoms with Crippen molar-refractivity contribution in [3.8, 4) is 5.75 Å². The number of thioether (sulfide) groups is 1. The molecular formula is C29H40BFN2O8S2. The predicted molar refractivity (Wildman–Crippen MR) is 167 cm³/mol. The van der Waals surface area contributed by atoms with Crippen molar-refractivity contribution in [3.63, 3.8) is 0 Å². The SMILES string of the molecule is CC(C)(C)OC(=O)N=S(C)(=O)Cc1cc(OCCCCSc2cc(F)ccc2B2OC(C)(C)C(C)(C)O2)cc([N+](=O)[O-])c1. The van der Waals surface area contributed by atoms with E-state index < -0.39 is 44.7 Å². The normalized spacial score (nSPS) is 17.3. The van der Waals surface area contributed by atoms with Gasteiger partial charge in [-0.25, -0.2) is 13.4 Å². The number of halogens is 1. The summed E-state index contributed by atoms with van der Waals surface area (Å²) in [7, 11) is -3.68. The van der Waals surface area contributed by atoms with Crippen LogP contribution in [0.3, 0.4) is 0 Å². The third-order valence-corrected chi connectivity index (χ3v) is 9.37. The van der Waals surface area contributed by atoms with Gasteiger partial charge in [-0.05, 0) is 96.3 Å². The van der Waals surface area contributed by atoms with Gasteiger partial charge in [-0.2, -0.15) is 0 Å². The average molecular weight is 639 g/mol. The maximum Gasteiger partial charge on any atom is 0.495 e. The van der Waals surface area contributed by atoms with Gasteiger partial charge in [0.2, 0.25) is 0 Å². The second-order valence-electron chi connectivity index (χ2n) is 12.4. The lowest BCUT2D eigenvalue weighted by Gasteiger charge is -2.32. The van der Waals surface area contributed by atoms with Gasteiger partial charge in [-0.1, -0.05) is 6.07 Å². The first-order valence-electron chi connectivity index (χ1n) is 13.9. The number of carbonyl (C=O) groups excluding carboxylic acids is 1. The molecular weight excluding hydrogens is 598 g/mol. The molecule has 43 heavy (non-hydrogen) atoms. The summed E-state index contributed by atoms with van der Waals surface area (Å²) in [5.41, 5.74) is -0.932. The highest BCUT2D eigenvalue weighted by Crippen LogP contribution is 2.37. The Morgan fingerprint density at radius 1 is 1.12 bits per heavy atom. The van der Waals surface area contributed by atoms with Crippen molar-refractivity contribution >= 4 is 45.9 Å². The fourth-order valence-corrected chi connectivity index (χ4v) is 6.37. The van der Waals surface area contributed by atoms with Crippen molar-refractivity contribution in [2.75, 3.05) is 18.6 Å². The Hall–Kier alpha value is -2.68. The Bertz CT molecular complexity index is 1450. The Balaban J connectivity index is 1.59. The van der Waals surface area contributed by atoms with Crippen LogP contribution in [0.15, 0.2) is 45.7 Å². The third kappa shape index (κ3) is 10.2. The average Bonchev–Trinajstić information content (AvgIpc) is 3.05. The minimum atomic E-state index is -3.08. The number of carbonyl (C=O) groups is 1. The zero-order valence-electron chi connectivity index (χ0n) is 25.9. The van der Waals surface area contributed by atoms with Gasteiger partial charge in [0.15, 0.2) is 0 Å². The van der Waals surface area contributed by atoms with Gasteiger partial charge in [0.05, 0.1) is 44.3 Å². The van der Waals surface area contributed by atoms with Crippen molar-refractivity contribution in [1.29, 1.82) is 0 Å². The third-order valence-electron chi connectivity index (χ3n) is 6.81. The molecule has 0 aliphatic carbocycles. The van der Waals surface area contributed by atoms with Crippen molar-refractivity contribution in [1.82, 2.24) is 0 Å². The molecule has 0 saturated carbocycles. The first-order valence-corrected chi connectivity index (χ1v) is 17.0. The van der Waals surface area contributed by atoms with Crippen LogP contribution in [0.1, 0.15) is 66.9 Å². The van der Waals surface area contributed by atoms with Gasteiger partial charge in [0.25, 0.3) is 5.69 Å². The molecule has 1 saturated heterocycles. The van der Waals surface area contributed by atoms with Crippen LogP contribution in [0.5, 0.6) is 5.75 Å². The molecule has 1 heterocycles. The van der Waals surface area contributed by atoms with Crippen LogP contribution < -0.4 is 10.2 Å². The number of hydrogen-bond donors (Lipinski definition) is 0. The minimum Gasteiger partial charge on any atom is -0.493 e. The molecule has 1 amide bonds. The number of amides is 1. The zero-order chi connectivity index (χ0) is 32.2. The number of benzene rings is 2. The Morgan fingerprint density at radius 3 is 2.37 bits per heavy atom. The molecule has 1 unspecified atom stereocenters. The topological polar surface area (TPSA) is 127 Å². The predicted octanol–water partition coefficient (Wildman–Crippen LogP) is 6.52. The number of nitro groups is 1. The number of non-ortho nitro benzene ring substituents is 1. The van der Waals surface area contributed by atoms with E-state index in [9.17, 15) is 23.5 Å². The van der Waals surface area contributed by atoms with Crippen molar-refractivity contribution in [2.24, 2.45) is 4.36 Å². The first-order chi connectivity index (χ1) is 19.8. The summed E-state index contributed by atoms with van der Waals surface area (Å²) in [6.07, 6.45) is 1.69. The summed E-state index contributed by atoms with van der Waals surface area (Å²) in [6, 6.07) is 8.71. The van der Waals surface area contributed by atoms with E-state index in [2.05, 4.69) is 4.36 Å². The molecule has 2 aromatic rings. The summed E-state index contributed by atoms with van der Waals surface area (Å²) in [5.74, 6) is 0.378. The summed E-state index contributed by atoms with van der Waals surface area (Å²) in [5, 5.41) is 11.5. The summed E-state index contributed by atoms with van der Waals surface area (Å²) < 4.78 is 54.0. The van der Waals surface area contributed by atoms with E-state index in [0.717, 1.165) is 16.8 Å². The maximum absolute atomic E-state index is 14.1. The van der Waals surface area contributed by atoms with Gasteiger partial charge in [-0.3, -0.25) is 10.1 Å². The molecule has 1 aliphatic heterocycles. The van der Waals surface area contributed by atoms with Crippen molar-refractivity contribution in [3.05, 3.63) is 57.9 Å². The number of ether oxygens (including phenoxy) is 2. The highest BCUT2D eigenvalue weighted by Gasteiger charge is 2.52. The van der Waals surface area contributed by atoms with Crippen LogP contribution in [-0.2, 0) is 29.5 Å². The van der Waals surface area contributed by atoms with Gasteiger partial charge in [0.1, 0.15) is 17.2 Å². The molecule has 1 aliphatic rings. The fourth-order valence-electron chi connectivity index (χ4n) is 4.07. The lowest BCUT2D eigenvalue weighted by molar-refractivity contribution is -0.385. The Labute approximate surface area is 257 Å². The number of nitrogens with zero attached hydrogens (tertiary/aromatic N) is 2. The summed E-state index contributed by atoms with van der Waals surface area (Å²) in [6.45, 7) is 13.1. The molecule has 0 radical (unpaired) electrons. The van der Waals surface area contributed by atoms with Gasteiger partial charge < -0.3 is 18.8 Å². The molecule has 3 rings (SSSR count). The minimum absolute atomic E-state index is 0.195. The van der Waals surface area contributed by atoms with Crippen LogP contribution in [0.2, 0.25) is 0 Å². The molecule has 2 aromatic carbocycles. The number of unbranched alkanes of at least 4 members (excludes halogenated alkanes) is 1. The molecule has 1 fully saturated rings. The van der Waals surface area contributed by atoms with Crippen molar-refractivity contribution < 1.29 is 37.1 Å². The van der Waals surface area contributed by atoms with Crippen LogP contribution in [0, 0.1) is 15.9 Å². The van der Waals surface area contributed by atoms with Gasteiger partial charge in [0, 0.05) is 17.2 Å². The van der Waals surface area contributed by atoms with Gasteiger partial charge in [-0.15, -0.1) is 16.1 Å². The second kappa shape index (κ2) is 13.5. The monoisotopic (exact) mass is 638 g/mol. The molecule has 0 bridgehead atoms. The Morgan fingerprint density at radius 2 is 1.77 bits per heavy atom. The van der Waals surface area contributed by atoms with E-state index in [0.29, 0.717) is 17.7 Å². The lowest BCUT2D eigenvalue weighted by Crippen LogP contribution is -2.41. The van der Waals surface area contributed by atoms with E-state index in [1.165, 1.54) is 42.3 Å².